The number of carbonyl (C=O) groups excluding carboxylic acids is 2. The average molecular weight is 269 g/mol. The fraction of sp³-hybridized carbons (Fsp3) is 0.846. The Hall–Kier alpha value is -1.14. The Morgan fingerprint density at radius 3 is 2.74 bits per heavy atom. The number of ether oxygens (including phenoxy) is 1. The second-order valence-corrected chi connectivity index (χ2v) is 5.33. The molecule has 19 heavy (non-hydrogen) atoms. The third-order valence-corrected chi connectivity index (χ3v) is 3.78. The molecule has 0 bridgehead atoms. The molecule has 108 valence electrons. The smallest absolute Gasteiger partial charge is 0.237 e. The van der Waals surface area contributed by atoms with Crippen molar-refractivity contribution >= 4 is 11.8 Å². The minimum absolute atomic E-state index is 0.0118. The quantitative estimate of drug-likeness (QED) is 0.712. The first-order valence-electron chi connectivity index (χ1n) is 7.07. The van der Waals surface area contributed by atoms with Crippen LogP contribution in [0.1, 0.15) is 32.1 Å². The van der Waals surface area contributed by atoms with Crippen LogP contribution in [0.2, 0.25) is 0 Å². The van der Waals surface area contributed by atoms with Crippen LogP contribution in [0, 0.1) is 0 Å². The van der Waals surface area contributed by atoms with E-state index in [0.29, 0.717) is 6.42 Å². The Bertz CT molecular complexity index is 323. The molecule has 2 rings (SSSR count). The van der Waals surface area contributed by atoms with Crippen LogP contribution in [0.5, 0.6) is 0 Å². The lowest BCUT2D eigenvalue weighted by Crippen LogP contribution is -2.52. The van der Waals surface area contributed by atoms with Crippen LogP contribution < -0.4 is 11.1 Å². The summed E-state index contributed by atoms with van der Waals surface area (Å²) >= 11 is 0. The predicted octanol–water partition coefficient (Wildman–Crippen LogP) is -0.379. The van der Waals surface area contributed by atoms with Crippen LogP contribution in [0.25, 0.3) is 0 Å². The highest BCUT2D eigenvalue weighted by Crippen LogP contribution is 2.18. The summed E-state index contributed by atoms with van der Waals surface area (Å²) in [4.78, 5) is 25.2. The van der Waals surface area contributed by atoms with Crippen molar-refractivity contribution in [3.05, 3.63) is 0 Å². The van der Waals surface area contributed by atoms with Gasteiger partial charge in [-0.05, 0) is 32.2 Å². The van der Waals surface area contributed by atoms with Gasteiger partial charge in [0.25, 0.3) is 0 Å². The molecule has 0 aromatic rings. The summed E-state index contributed by atoms with van der Waals surface area (Å²) in [5.74, 6) is -0.467. The van der Waals surface area contributed by atoms with Gasteiger partial charge in [-0.3, -0.25) is 9.59 Å². The highest BCUT2D eigenvalue weighted by molar-refractivity contribution is 5.84. The Morgan fingerprint density at radius 1 is 1.32 bits per heavy atom. The van der Waals surface area contributed by atoms with E-state index in [1.807, 2.05) is 0 Å². The first-order valence-corrected chi connectivity index (χ1v) is 7.07. The van der Waals surface area contributed by atoms with Gasteiger partial charge in [0.05, 0.1) is 19.1 Å². The largest absolute Gasteiger partial charge is 0.378 e. The Kier molecular flexibility index (Phi) is 5.15. The lowest BCUT2D eigenvalue weighted by atomic mass is 10.0. The molecule has 2 heterocycles. The van der Waals surface area contributed by atoms with Gasteiger partial charge >= 0.3 is 0 Å². The zero-order valence-corrected chi connectivity index (χ0v) is 11.3. The minimum atomic E-state index is -0.453. The zero-order chi connectivity index (χ0) is 13.7. The van der Waals surface area contributed by atoms with Crippen LogP contribution >= 0.6 is 0 Å². The lowest BCUT2D eigenvalue weighted by Gasteiger charge is -2.34. The summed E-state index contributed by atoms with van der Waals surface area (Å²) < 4.78 is 5.49. The molecule has 2 aliphatic heterocycles. The predicted molar refractivity (Wildman–Crippen MR) is 70.4 cm³/mol. The molecule has 2 atom stereocenters. The van der Waals surface area contributed by atoms with Crippen molar-refractivity contribution in [1.29, 1.82) is 0 Å². The minimum Gasteiger partial charge on any atom is -0.378 e. The van der Waals surface area contributed by atoms with Gasteiger partial charge in [0, 0.05) is 19.2 Å². The molecular formula is C13H23N3O3. The number of nitrogens with two attached hydrogens (primary N) is 1. The number of hydrogen-bond acceptors (Lipinski definition) is 4. The molecule has 0 spiro atoms. The first-order chi connectivity index (χ1) is 9.16. The van der Waals surface area contributed by atoms with Crippen LogP contribution in [0.3, 0.4) is 0 Å². The van der Waals surface area contributed by atoms with E-state index >= 15 is 0 Å². The van der Waals surface area contributed by atoms with Crippen molar-refractivity contribution in [2.24, 2.45) is 5.73 Å². The third-order valence-electron chi connectivity index (χ3n) is 3.78. The summed E-state index contributed by atoms with van der Waals surface area (Å²) in [7, 11) is 0. The van der Waals surface area contributed by atoms with Crippen molar-refractivity contribution < 1.29 is 14.3 Å². The number of carbonyl (C=O) groups is 2. The molecule has 0 radical (unpaired) electrons. The Balaban J connectivity index is 1.94. The van der Waals surface area contributed by atoms with E-state index in [1.165, 1.54) is 0 Å². The summed E-state index contributed by atoms with van der Waals surface area (Å²) in [6, 6.07) is 0.0788. The molecule has 6 nitrogen and oxygen atoms in total. The Labute approximate surface area is 113 Å². The van der Waals surface area contributed by atoms with Crippen molar-refractivity contribution in [3.8, 4) is 0 Å². The highest BCUT2D eigenvalue weighted by Gasteiger charge is 2.29. The van der Waals surface area contributed by atoms with E-state index in [2.05, 4.69) is 5.32 Å². The van der Waals surface area contributed by atoms with Gasteiger partial charge in [-0.25, -0.2) is 0 Å². The second-order valence-electron chi connectivity index (χ2n) is 5.33. The molecule has 2 fully saturated rings. The van der Waals surface area contributed by atoms with E-state index in [1.54, 1.807) is 4.90 Å². The van der Waals surface area contributed by atoms with Crippen LogP contribution in [0.4, 0.5) is 0 Å². The van der Waals surface area contributed by atoms with E-state index in [0.717, 1.165) is 45.4 Å². The number of nitrogens with zero attached hydrogens (tertiary/aromatic N) is 1. The number of amides is 2. The van der Waals surface area contributed by atoms with Gasteiger partial charge in [0.1, 0.15) is 0 Å². The molecule has 0 aromatic carbocycles. The maximum atomic E-state index is 12.3. The van der Waals surface area contributed by atoms with E-state index < -0.39 is 5.91 Å². The van der Waals surface area contributed by atoms with Crippen LogP contribution in [-0.4, -0.2) is 55.1 Å². The summed E-state index contributed by atoms with van der Waals surface area (Å²) in [6.07, 6.45) is 4.27. The van der Waals surface area contributed by atoms with Crippen molar-refractivity contribution in [1.82, 2.24) is 10.2 Å². The van der Waals surface area contributed by atoms with Gasteiger partial charge in [0.2, 0.25) is 11.8 Å². The van der Waals surface area contributed by atoms with Crippen molar-refractivity contribution in [3.63, 3.8) is 0 Å². The Morgan fingerprint density at radius 2 is 2.16 bits per heavy atom. The van der Waals surface area contributed by atoms with E-state index in [4.69, 9.17) is 10.5 Å². The zero-order valence-electron chi connectivity index (χ0n) is 11.3. The molecule has 2 saturated heterocycles. The fourth-order valence-electron chi connectivity index (χ4n) is 2.81. The molecule has 0 aliphatic carbocycles. The van der Waals surface area contributed by atoms with Gasteiger partial charge in [0.15, 0.2) is 0 Å². The lowest BCUT2D eigenvalue weighted by molar-refractivity contribution is -0.139. The van der Waals surface area contributed by atoms with E-state index in [9.17, 15) is 9.59 Å². The SMILES string of the molecule is NC(=O)CN(C(=O)CC1CCCO1)C1CCCNC1. The number of hydrogen-bond donors (Lipinski definition) is 2. The molecule has 2 amide bonds. The number of piperidine rings is 1. The molecular weight excluding hydrogens is 246 g/mol. The number of nitrogens with one attached hydrogen (secondary N) is 1. The van der Waals surface area contributed by atoms with Gasteiger partial charge < -0.3 is 20.7 Å². The standard InChI is InChI=1S/C13H23N3O3/c14-12(17)9-16(10-3-1-5-15-8-10)13(18)7-11-4-2-6-19-11/h10-11,15H,1-9H2,(H2,14,17). The fourth-order valence-corrected chi connectivity index (χ4v) is 2.81. The summed E-state index contributed by atoms with van der Waals surface area (Å²) in [6.45, 7) is 2.46. The third kappa shape index (κ3) is 4.18. The molecule has 0 saturated carbocycles. The van der Waals surface area contributed by atoms with Gasteiger partial charge in [-0.15, -0.1) is 0 Å². The van der Waals surface area contributed by atoms with Gasteiger partial charge in [-0.1, -0.05) is 0 Å². The number of primary amides is 1. The van der Waals surface area contributed by atoms with E-state index in [-0.39, 0.29) is 24.6 Å². The summed E-state index contributed by atoms with van der Waals surface area (Å²) in [5.41, 5.74) is 5.26. The first kappa shape index (κ1) is 14.3. The second kappa shape index (κ2) is 6.86. The normalized spacial score (nSPS) is 27.2. The monoisotopic (exact) mass is 269 g/mol. The van der Waals surface area contributed by atoms with Crippen LogP contribution in [-0.2, 0) is 14.3 Å². The molecule has 2 unspecified atom stereocenters. The number of rotatable bonds is 5. The molecule has 0 aromatic heterocycles. The molecule has 2 aliphatic rings. The average Bonchev–Trinajstić information content (AvgIpc) is 2.89. The maximum absolute atomic E-state index is 12.3. The van der Waals surface area contributed by atoms with Crippen molar-refractivity contribution in [2.45, 2.75) is 44.2 Å². The topological polar surface area (TPSA) is 84.7 Å². The van der Waals surface area contributed by atoms with Crippen LogP contribution in [0.15, 0.2) is 0 Å². The van der Waals surface area contributed by atoms with Crippen molar-refractivity contribution in [2.75, 3.05) is 26.2 Å². The molecule has 3 N–H and O–H groups in total. The maximum Gasteiger partial charge on any atom is 0.237 e. The van der Waals surface area contributed by atoms with Gasteiger partial charge in [-0.2, -0.15) is 0 Å². The molecule has 6 heteroatoms. The highest BCUT2D eigenvalue weighted by atomic mass is 16.5. The summed E-state index contributed by atoms with van der Waals surface area (Å²) in [5, 5.41) is 3.26.